The molecule has 0 aromatic heterocycles. The Morgan fingerprint density at radius 2 is 1.74 bits per heavy atom. The molecule has 0 saturated carbocycles. The summed E-state index contributed by atoms with van der Waals surface area (Å²) >= 11 is 0. The molecule has 1 aliphatic rings. The van der Waals surface area contributed by atoms with Crippen LogP contribution in [0.25, 0.3) is 6.08 Å². The van der Waals surface area contributed by atoms with Crippen molar-refractivity contribution in [1.82, 2.24) is 0 Å². The number of fused-ring (bicyclic) bond motifs is 1. The second-order valence-corrected chi connectivity index (χ2v) is 7.05. The second kappa shape index (κ2) is 7.53. The first-order valence-electron chi connectivity index (χ1n) is 8.86. The van der Waals surface area contributed by atoms with E-state index in [1.54, 1.807) is 21.3 Å². The summed E-state index contributed by atoms with van der Waals surface area (Å²) in [6.07, 6.45) is 3.67. The summed E-state index contributed by atoms with van der Waals surface area (Å²) < 4.78 is 22.2. The fourth-order valence-electron chi connectivity index (χ4n) is 3.28. The Balaban J connectivity index is 1.90. The van der Waals surface area contributed by atoms with Gasteiger partial charge in [-0.2, -0.15) is 0 Å². The van der Waals surface area contributed by atoms with Crippen LogP contribution in [0.4, 0.5) is 0 Å². The van der Waals surface area contributed by atoms with Gasteiger partial charge in [-0.3, -0.25) is 0 Å². The minimum absolute atomic E-state index is 0.363. The van der Waals surface area contributed by atoms with E-state index in [0.717, 1.165) is 22.4 Å². The molecule has 2 aromatic carbocycles. The molecular formula is C22H26O5. The van der Waals surface area contributed by atoms with E-state index >= 15 is 0 Å². The molecule has 5 nitrogen and oxygen atoms in total. The maximum atomic E-state index is 10.9. The Bertz CT molecular complexity index is 854. The monoisotopic (exact) mass is 370 g/mol. The first-order chi connectivity index (χ1) is 12.9. The average molecular weight is 370 g/mol. The third-order valence-electron chi connectivity index (χ3n) is 4.65. The van der Waals surface area contributed by atoms with Crippen LogP contribution in [0.5, 0.6) is 23.0 Å². The van der Waals surface area contributed by atoms with Gasteiger partial charge in [0.25, 0.3) is 0 Å². The molecule has 5 heteroatoms. The summed E-state index contributed by atoms with van der Waals surface area (Å²) in [5.41, 5.74) is 2.14. The van der Waals surface area contributed by atoms with Crippen LogP contribution in [0.2, 0.25) is 0 Å². The summed E-state index contributed by atoms with van der Waals surface area (Å²) in [6.45, 7) is 4.00. The minimum atomic E-state index is -0.730. The van der Waals surface area contributed by atoms with E-state index in [0.29, 0.717) is 23.7 Å². The molecule has 1 unspecified atom stereocenters. The molecule has 27 heavy (non-hydrogen) atoms. The molecule has 0 amide bonds. The van der Waals surface area contributed by atoms with Gasteiger partial charge in [0, 0.05) is 12.0 Å². The number of hydrogen-bond donors (Lipinski definition) is 1. The van der Waals surface area contributed by atoms with Crippen LogP contribution in [-0.4, -0.2) is 32.0 Å². The van der Waals surface area contributed by atoms with Crippen LogP contribution in [0.3, 0.4) is 0 Å². The summed E-state index contributed by atoms with van der Waals surface area (Å²) in [6, 6.07) is 9.37. The Morgan fingerprint density at radius 3 is 2.41 bits per heavy atom. The largest absolute Gasteiger partial charge is 0.496 e. The van der Waals surface area contributed by atoms with Gasteiger partial charge < -0.3 is 24.1 Å². The smallest absolute Gasteiger partial charge is 0.160 e. The summed E-state index contributed by atoms with van der Waals surface area (Å²) in [5.74, 6) is 2.68. The molecule has 1 heterocycles. The Hall–Kier alpha value is -2.66. The first-order valence-corrected chi connectivity index (χ1v) is 8.86. The zero-order valence-electron chi connectivity index (χ0n) is 16.4. The van der Waals surface area contributed by atoms with Crippen molar-refractivity contribution in [2.24, 2.45) is 0 Å². The molecule has 1 aliphatic heterocycles. The van der Waals surface area contributed by atoms with Crippen LogP contribution in [0, 0.1) is 0 Å². The fraction of sp³-hybridized carbons (Fsp3) is 0.364. The molecule has 0 radical (unpaired) electrons. The lowest BCUT2D eigenvalue weighted by molar-refractivity contribution is 0.156. The number of methoxy groups -OCH3 is 3. The summed E-state index contributed by atoms with van der Waals surface area (Å²) in [7, 11) is 4.80. The van der Waals surface area contributed by atoms with Crippen molar-refractivity contribution in [2.45, 2.75) is 32.0 Å². The predicted octanol–water partition coefficient (Wildman–Crippen LogP) is 4.17. The third-order valence-corrected chi connectivity index (χ3v) is 4.65. The van der Waals surface area contributed by atoms with E-state index in [1.165, 1.54) is 0 Å². The van der Waals surface area contributed by atoms with Crippen molar-refractivity contribution < 1.29 is 24.1 Å². The number of ether oxygens (including phenoxy) is 4. The van der Waals surface area contributed by atoms with Gasteiger partial charge >= 0.3 is 0 Å². The Morgan fingerprint density at radius 1 is 1.00 bits per heavy atom. The van der Waals surface area contributed by atoms with Gasteiger partial charge in [0.05, 0.1) is 33.0 Å². The lowest BCUT2D eigenvalue weighted by Gasteiger charge is -2.29. The lowest BCUT2D eigenvalue weighted by Crippen LogP contribution is -2.27. The zero-order valence-corrected chi connectivity index (χ0v) is 16.4. The molecule has 0 saturated heterocycles. The number of rotatable bonds is 6. The van der Waals surface area contributed by atoms with Crippen LogP contribution < -0.4 is 18.9 Å². The Kier molecular flexibility index (Phi) is 5.33. The highest BCUT2D eigenvalue weighted by Crippen LogP contribution is 2.41. The van der Waals surface area contributed by atoms with Gasteiger partial charge in [-0.15, -0.1) is 0 Å². The van der Waals surface area contributed by atoms with Crippen molar-refractivity contribution in [2.75, 3.05) is 21.3 Å². The van der Waals surface area contributed by atoms with E-state index < -0.39 is 6.10 Å². The van der Waals surface area contributed by atoms with E-state index in [2.05, 4.69) is 0 Å². The zero-order chi connectivity index (χ0) is 19.6. The van der Waals surface area contributed by atoms with Crippen LogP contribution in [-0.2, 0) is 6.42 Å². The van der Waals surface area contributed by atoms with Gasteiger partial charge in [-0.25, -0.2) is 0 Å². The molecule has 144 valence electrons. The Labute approximate surface area is 160 Å². The SMILES string of the molecule is COc1ccc(CC(O)c2ccc3c(c2OC)C=CC(C)(C)O3)cc1OC. The summed E-state index contributed by atoms with van der Waals surface area (Å²) in [4.78, 5) is 0. The normalized spacial score (nSPS) is 15.5. The highest BCUT2D eigenvalue weighted by molar-refractivity contribution is 5.69. The third kappa shape index (κ3) is 3.88. The number of hydrogen-bond acceptors (Lipinski definition) is 5. The van der Waals surface area contributed by atoms with Gasteiger partial charge in [-0.1, -0.05) is 6.07 Å². The maximum absolute atomic E-state index is 10.9. The maximum Gasteiger partial charge on any atom is 0.160 e. The highest BCUT2D eigenvalue weighted by atomic mass is 16.5. The molecule has 3 rings (SSSR count). The standard InChI is InChI=1S/C22H26O5/c1-22(2)11-10-16-18(27-22)9-7-15(21(16)26-5)17(23)12-14-6-8-19(24-3)20(13-14)25-4/h6-11,13,17,23H,12H2,1-5H3. The van der Waals surface area contributed by atoms with Gasteiger partial charge in [-0.05, 0) is 55.8 Å². The predicted molar refractivity (Wildman–Crippen MR) is 105 cm³/mol. The van der Waals surface area contributed by atoms with Crippen molar-refractivity contribution in [3.63, 3.8) is 0 Å². The van der Waals surface area contributed by atoms with Gasteiger partial charge in [0.2, 0.25) is 0 Å². The van der Waals surface area contributed by atoms with Crippen molar-refractivity contribution >= 4 is 6.08 Å². The van der Waals surface area contributed by atoms with Gasteiger partial charge in [0.1, 0.15) is 17.1 Å². The van der Waals surface area contributed by atoms with E-state index in [9.17, 15) is 5.11 Å². The molecule has 0 bridgehead atoms. The summed E-state index contributed by atoms with van der Waals surface area (Å²) in [5, 5.41) is 10.9. The first kappa shape index (κ1) is 19.1. The molecule has 1 N–H and O–H groups in total. The molecule has 1 atom stereocenters. The number of benzene rings is 2. The van der Waals surface area contributed by atoms with E-state index in [4.69, 9.17) is 18.9 Å². The average Bonchev–Trinajstić information content (AvgIpc) is 2.65. The molecule has 0 spiro atoms. The number of aliphatic hydroxyl groups excluding tert-OH is 1. The quantitative estimate of drug-likeness (QED) is 0.827. The van der Waals surface area contributed by atoms with Crippen molar-refractivity contribution in [3.05, 3.63) is 53.1 Å². The minimum Gasteiger partial charge on any atom is -0.496 e. The highest BCUT2D eigenvalue weighted by Gasteiger charge is 2.26. The van der Waals surface area contributed by atoms with Crippen LogP contribution in [0.1, 0.15) is 36.6 Å². The van der Waals surface area contributed by atoms with Crippen molar-refractivity contribution in [3.8, 4) is 23.0 Å². The van der Waals surface area contributed by atoms with Crippen LogP contribution in [0.15, 0.2) is 36.4 Å². The number of aliphatic hydroxyl groups is 1. The van der Waals surface area contributed by atoms with E-state index in [1.807, 2.05) is 56.3 Å². The fourth-order valence-corrected chi connectivity index (χ4v) is 3.28. The molecule has 2 aromatic rings. The van der Waals surface area contributed by atoms with Gasteiger partial charge in [0.15, 0.2) is 11.5 Å². The molecular weight excluding hydrogens is 344 g/mol. The lowest BCUT2D eigenvalue weighted by atomic mass is 9.95. The second-order valence-electron chi connectivity index (χ2n) is 7.05. The van der Waals surface area contributed by atoms with Crippen LogP contribution >= 0.6 is 0 Å². The van der Waals surface area contributed by atoms with Crippen molar-refractivity contribution in [1.29, 1.82) is 0 Å². The van der Waals surface area contributed by atoms with E-state index in [-0.39, 0.29) is 5.60 Å². The topological polar surface area (TPSA) is 57.2 Å². The molecule has 0 aliphatic carbocycles. The molecule has 0 fully saturated rings.